The SMILES string of the molecule is NC=C(C=Nc1ccc(F)cc1)c1cc(F)cc(CNC(=O)c2nc(Cl)nc3nc(C4CCCC4)[nH]c23)c1. The number of allylic oxidation sites excluding steroid dienone is 1. The topological polar surface area (TPSA) is 122 Å². The number of halogens is 3. The summed E-state index contributed by atoms with van der Waals surface area (Å²) in [4.78, 5) is 33.4. The van der Waals surface area contributed by atoms with Crippen molar-refractivity contribution in [2.45, 2.75) is 38.1 Å². The first kappa shape index (κ1) is 25.5. The maximum Gasteiger partial charge on any atom is 0.272 e. The number of imidazole rings is 1. The number of aliphatic imine (C=N–C) groups is 1. The zero-order chi connectivity index (χ0) is 26.6. The number of nitrogens with zero attached hydrogens (tertiary/aromatic N) is 4. The summed E-state index contributed by atoms with van der Waals surface area (Å²) in [5.41, 5.74) is 8.51. The molecule has 1 amide bonds. The number of rotatable bonds is 7. The molecule has 8 nitrogen and oxygen atoms in total. The van der Waals surface area contributed by atoms with E-state index in [0.717, 1.165) is 31.5 Å². The monoisotopic (exact) mass is 535 g/mol. The summed E-state index contributed by atoms with van der Waals surface area (Å²) in [7, 11) is 0. The molecule has 2 aromatic heterocycles. The molecule has 0 radical (unpaired) electrons. The zero-order valence-corrected chi connectivity index (χ0v) is 21.0. The van der Waals surface area contributed by atoms with Crippen molar-refractivity contribution >= 4 is 46.1 Å². The van der Waals surface area contributed by atoms with E-state index in [1.165, 1.54) is 48.8 Å². The highest BCUT2D eigenvalue weighted by atomic mass is 35.5. The van der Waals surface area contributed by atoms with E-state index in [9.17, 15) is 13.6 Å². The van der Waals surface area contributed by atoms with Crippen LogP contribution in [0.25, 0.3) is 16.7 Å². The molecule has 0 bridgehead atoms. The molecule has 0 unspecified atom stereocenters. The van der Waals surface area contributed by atoms with Crippen molar-refractivity contribution in [1.82, 2.24) is 25.3 Å². The van der Waals surface area contributed by atoms with Crippen LogP contribution in [0.1, 0.15) is 59.0 Å². The minimum atomic E-state index is -0.511. The molecule has 4 N–H and O–H groups in total. The first-order chi connectivity index (χ1) is 18.4. The highest BCUT2D eigenvalue weighted by Gasteiger charge is 2.24. The molecule has 1 aliphatic carbocycles. The standard InChI is InChI=1S/C27H24ClF2N7O/c28-27-35-23(22-25(37-27)36-24(34-22)16-3-1-2-4-16)26(38)33-13-15-9-17(11-20(30)10-15)18(12-31)14-32-21-7-5-19(29)6-8-21/h5-12,14,16H,1-4,13,31H2,(H,33,38)(H,34,35,36,37). The lowest BCUT2D eigenvalue weighted by molar-refractivity contribution is 0.0947. The molecule has 5 rings (SSSR count). The van der Waals surface area contributed by atoms with Crippen LogP contribution in [-0.4, -0.2) is 32.1 Å². The van der Waals surface area contributed by atoms with E-state index in [4.69, 9.17) is 17.3 Å². The Kier molecular flexibility index (Phi) is 7.41. The van der Waals surface area contributed by atoms with Gasteiger partial charge in [-0.1, -0.05) is 12.8 Å². The smallest absolute Gasteiger partial charge is 0.272 e. The van der Waals surface area contributed by atoms with E-state index in [-0.39, 0.29) is 23.3 Å². The average Bonchev–Trinajstić information content (AvgIpc) is 3.58. The number of amides is 1. The summed E-state index contributed by atoms with van der Waals surface area (Å²) in [5, 5.41) is 2.68. The third-order valence-electron chi connectivity index (χ3n) is 6.40. The number of carbonyl (C=O) groups is 1. The zero-order valence-electron chi connectivity index (χ0n) is 20.2. The summed E-state index contributed by atoms with van der Waals surface area (Å²) in [6, 6.07) is 9.92. The van der Waals surface area contributed by atoms with Crippen LogP contribution in [0.15, 0.2) is 53.7 Å². The van der Waals surface area contributed by atoms with Gasteiger partial charge in [0.1, 0.15) is 23.0 Å². The molecule has 0 spiro atoms. The molecule has 1 saturated carbocycles. The van der Waals surface area contributed by atoms with Gasteiger partial charge in [-0.15, -0.1) is 0 Å². The minimum Gasteiger partial charge on any atom is -0.404 e. The molecule has 0 aliphatic heterocycles. The van der Waals surface area contributed by atoms with Gasteiger partial charge in [0.05, 0.1) is 5.69 Å². The van der Waals surface area contributed by atoms with Gasteiger partial charge in [-0.05, 0) is 78.0 Å². The highest BCUT2D eigenvalue weighted by molar-refractivity contribution is 6.28. The second kappa shape index (κ2) is 11.1. The van der Waals surface area contributed by atoms with Gasteiger partial charge >= 0.3 is 0 Å². The van der Waals surface area contributed by atoms with E-state index in [1.54, 1.807) is 6.07 Å². The molecule has 2 heterocycles. The van der Waals surface area contributed by atoms with Crippen LogP contribution < -0.4 is 11.1 Å². The van der Waals surface area contributed by atoms with Gasteiger partial charge < -0.3 is 16.0 Å². The van der Waals surface area contributed by atoms with E-state index in [0.29, 0.717) is 39.5 Å². The number of carbonyl (C=O) groups excluding carboxylic acids is 1. The van der Waals surface area contributed by atoms with Crippen molar-refractivity contribution in [3.05, 3.63) is 88.2 Å². The predicted octanol–water partition coefficient (Wildman–Crippen LogP) is 5.57. The van der Waals surface area contributed by atoms with Gasteiger partial charge in [-0.25, -0.2) is 18.7 Å². The number of nitrogens with one attached hydrogen (secondary N) is 2. The molecule has 0 saturated heterocycles. The Labute approximate surface area is 222 Å². The Hall–Kier alpha value is -4.18. The van der Waals surface area contributed by atoms with Crippen LogP contribution in [0.5, 0.6) is 0 Å². The number of aromatic nitrogens is 4. The van der Waals surface area contributed by atoms with Crippen molar-refractivity contribution in [2.75, 3.05) is 0 Å². The summed E-state index contributed by atoms with van der Waals surface area (Å²) < 4.78 is 27.6. The Morgan fingerprint density at radius 2 is 1.87 bits per heavy atom. The largest absolute Gasteiger partial charge is 0.404 e. The number of hydrogen-bond donors (Lipinski definition) is 3. The molecular formula is C27H24ClF2N7O. The summed E-state index contributed by atoms with van der Waals surface area (Å²) in [5.74, 6) is -0.313. The molecule has 1 aliphatic rings. The molecule has 4 aromatic rings. The lowest BCUT2D eigenvalue weighted by Gasteiger charge is -2.09. The lowest BCUT2D eigenvalue weighted by atomic mass is 10.0. The number of aromatic amines is 1. The Balaban J connectivity index is 1.34. The second-order valence-corrected chi connectivity index (χ2v) is 9.37. The fourth-order valence-electron chi connectivity index (χ4n) is 4.52. The van der Waals surface area contributed by atoms with Gasteiger partial charge in [-0.2, -0.15) is 4.98 Å². The fraction of sp³-hybridized carbons (Fsp3) is 0.222. The summed E-state index contributed by atoms with van der Waals surface area (Å²) in [6.07, 6.45) is 7.08. The Morgan fingerprint density at radius 1 is 1.11 bits per heavy atom. The second-order valence-electron chi connectivity index (χ2n) is 9.03. The molecular weight excluding hydrogens is 512 g/mol. The van der Waals surface area contributed by atoms with Crippen LogP contribution >= 0.6 is 11.6 Å². The third-order valence-corrected chi connectivity index (χ3v) is 6.57. The van der Waals surface area contributed by atoms with Crippen LogP contribution in [0.2, 0.25) is 5.28 Å². The first-order valence-electron chi connectivity index (χ1n) is 12.1. The van der Waals surface area contributed by atoms with E-state index in [1.807, 2.05) is 0 Å². The lowest BCUT2D eigenvalue weighted by Crippen LogP contribution is -2.24. The van der Waals surface area contributed by atoms with Crippen molar-refractivity contribution in [2.24, 2.45) is 10.7 Å². The molecule has 194 valence electrons. The van der Waals surface area contributed by atoms with Crippen molar-refractivity contribution in [1.29, 1.82) is 0 Å². The number of hydrogen-bond acceptors (Lipinski definition) is 6. The summed E-state index contributed by atoms with van der Waals surface area (Å²) in [6.45, 7) is 0.0171. The van der Waals surface area contributed by atoms with Crippen molar-refractivity contribution in [3.63, 3.8) is 0 Å². The normalized spacial score (nSPS) is 14.6. The van der Waals surface area contributed by atoms with Gasteiger partial charge in [0, 0.05) is 30.5 Å². The van der Waals surface area contributed by atoms with E-state index >= 15 is 0 Å². The average molecular weight is 536 g/mol. The van der Waals surface area contributed by atoms with Gasteiger partial charge in [0.25, 0.3) is 5.91 Å². The van der Waals surface area contributed by atoms with Crippen LogP contribution in [-0.2, 0) is 6.54 Å². The summed E-state index contributed by atoms with van der Waals surface area (Å²) >= 11 is 6.07. The maximum absolute atomic E-state index is 14.5. The molecule has 2 aromatic carbocycles. The molecule has 38 heavy (non-hydrogen) atoms. The number of H-pyrrole nitrogens is 1. The van der Waals surface area contributed by atoms with Gasteiger partial charge in [-0.3, -0.25) is 9.79 Å². The van der Waals surface area contributed by atoms with Gasteiger partial charge in [0.2, 0.25) is 5.28 Å². The van der Waals surface area contributed by atoms with Crippen LogP contribution in [0.3, 0.4) is 0 Å². The molecule has 1 fully saturated rings. The number of benzene rings is 2. The number of fused-ring (bicyclic) bond motifs is 1. The van der Waals surface area contributed by atoms with Gasteiger partial charge in [0.15, 0.2) is 11.3 Å². The van der Waals surface area contributed by atoms with E-state index in [2.05, 4.69) is 30.2 Å². The predicted molar refractivity (Wildman–Crippen MR) is 142 cm³/mol. The first-order valence-corrected chi connectivity index (χ1v) is 12.5. The number of nitrogens with two attached hydrogens (primary N) is 1. The minimum absolute atomic E-state index is 0.0171. The van der Waals surface area contributed by atoms with Crippen LogP contribution in [0, 0.1) is 11.6 Å². The Bertz CT molecular complexity index is 1540. The highest BCUT2D eigenvalue weighted by Crippen LogP contribution is 2.33. The Morgan fingerprint density at radius 3 is 2.61 bits per heavy atom. The van der Waals surface area contributed by atoms with Crippen molar-refractivity contribution in [3.8, 4) is 0 Å². The van der Waals surface area contributed by atoms with Crippen molar-refractivity contribution < 1.29 is 13.6 Å². The van der Waals surface area contributed by atoms with Crippen LogP contribution in [0.4, 0.5) is 14.5 Å². The molecule has 0 atom stereocenters. The quantitative estimate of drug-likeness (QED) is 0.211. The maximum atomic E-state index is 14.5. The molecule has 11 heteroatoms. The van der Waals surface area contributed by atoms with E-state index < -0.39 is 11.7 Å². The third kappa shape index (κ3) is 5.70. The fourth-order valence-corrected chi connectivity index (χ4v) is 4.68.